The summed E-state index contributed by atoms with van der Waals surface area (Å²) in [5, 5.41) is 0. The fraction of sp³-hybridized carbons (Fsp3) is 0.258. The molecule has 6 nitrogen and oxygen atoms in total. The second-order valence-electron chi connectivity index (χ2n) is 9.92. The van der Waals surface area contributed by atoms with Crippen LogP contribution in [0.1, 0.15) is 53.5 Å². The number of rotatable bonds is 5. The lowest BCUT2D eigenvalue weighted by molar-refractivity contribution is -0.139. The maximum Gasteiger partial charge on any atom is 0.416 e. The van der Waals surface area contributed by atoms with Crippen molar-refractivity contribution in [1.82, 2.24) is 9.13 Å². The Morgan fingerprint density at radius 3 is 2.44 bits per heavy atom. The normalized spacial score (nSPS) is 15.6. The molecule has 0 saturated heterocycles. The first kappa shape index (κ1) is 28.4. The predicted molar refractivity (Wildman–Crippen MR) is 152 cm³/mol. The molecule has 0 saturated carbocycles. The summed E-state index contributed by atoms with van der Waals surface area (Å²) in [6, 6.07) is 13.9. The molecule has 0 radical (unpaired) electrons. The number of thiazole rings is 1. The molecule has 1 aliphatic heterocycles. The molecule has 2 aromatic heterocycles. The molecule has 3 heterocycles. The third-order valence-electron chi connectivity index (χ3n) is 7.10. The number of halogens is 3. The molecule has 212 valence electrons. The number of carbonyl (C=O) groups is 1. The highest BCUT2D eigenvalue weighted by Crippen LogP contribution is 2.32. The van der Waals surface area contributed by atoms with Crippen LogP contribution in [0.25, 0.3) is 11.8 Å². The molecule has 0 amide bonds. The van der Waals surface area contributed by atoms with Crippen LogP contribution in [0.4, 0.5) is 13.2 Å². The molecule has 1 atom stereocenters. The highest BCUT2D eigenvalue weighted by Gasteiger charge is 2.33. The van der Waals surface area contributed by atoms with E-state index in [1.165, 1.54) is 22.0 Å². The molecule has 5 rings (SSSR count). The smallest absolute Gasteiger partial charge is 0.416 e. The molecule has 1 aliphatic rings. The van der Waals surface area contributed by atoms with Crippen molar-refractivity contribution in [2.45, 2.75) is 46.8 Å². The van der Waals surface area contributed by atoms with E-state index in [2.05, 4.69) is 4.99 Å². The highest BCUT2D eigenvalue weighted by molar-refractivity contribution is 7.07. The van der Waals surface area contributed by atoms with Crippen molar-refractivity contribution in [2.75, 3.05) is 6.61 Å². The van der Waals surface area contributed by atoms with E-state index in [4.69, 9.17) is 4.74 Å². The van der Waals surface area contributed by atoms with E-state index >= 15 is 0 Å². The van der Waals surface area contributed by atoms with Crippen LogP contribution in [0.15, 0.2) is 75.7 Å². The number of allylic oxidation sites excluding steroid dienone is 1. The second-order valence-corrected chi connectivity index (χ2v) is 10.9. The minimum atomic E-state index is -4.46. The molecule has 0 aliphatic carbocycles. The van der Waals surface area contributed by atoms with Gasteiger partial charge in [-0.3, -0.25) is 9.36 Å². The van der Waals surface area contributed by atoms with Gasteiger partial charge in [0.25, 0.3) is 5.56 Å². The van der Waals surface area contributed by atoms with E-state index in [1.807, 2.05) is 37.3 Å². The number of fused-ring (bicyclic) bond motifs is 1. The van der Waals surface area contributed by atoms with Gasteiger partial charge in [0, 0.05) is 17.1 Å². The zero-order valence-electron chi connectivity index (χ0n) is 23.2. The van der Waals surface area contributed by atoms with Crippen molar-refractivity contribution >= 4 is 23.4 Å². The summed E-state index contributed by atoms with van der Waals surface area (Å²) < 4.78 is 49.1. The quantitative estimate of drug-likeness (QED) is 0.292. The van der Waals surface area contributed by atoms with Crippen molar-refractivity contribution in [2.24, 2.45) is 4.99 Å². The third-order valence-corrected chi connectivity index (χ3v) is 8.08. The molecular weight excluding hydrogens is 551 g/mol. The Morgan fingerprint density at radius 2 is 1.78 bits per heavy atom. The van der Waals surface area contributed by atoms with Crippen LogP contribution in [-0.2, 0) is 15.7 Å². The van der Waals surface area contributed by atoms with Crippen molar-refractivity contribution in [3.63, 3.8) is 0 Å². The van der Waals surface area contributed by atoms with E-state index in [0.717, 1.165) is 29.0 Å². The maximum absolute atomic E-state index is 13.9. The Balaban J connectivity index is 1.67. The van der Waals surface area contributed by atoms with Gasteiger partial charge >= 0.3 is 12.1 Å². The fourth-order valence-corrected chi connectivity index (χ4v) is 6.19. The summed E-state index contributed by atoms with van der Waals surface area (Å²) in [6.45, 7) is 9.19. The Hall–Kier alpha value is -4.18. The van der Waals surface area contributed by atoms with E-state index in [9.17, 15) is 22.8 Å². The molecule has 0 bridgehead atoms. The molecule has 0 spiro atoms. The van der Waals surface area contributed by atoms with Gasteiger partial charge in [-0.05, 0) is 76.1 Å². The average molecular weight is 580 g/mol. The van der Waals surface area contributed by atoms with Crippen molar-refractivity contribution in [1.29, 1.82) is 0 Å². The minimum Gasteiger partial charge on any atom is -0.463 e. The van der Waals surface area contributed by atoms with Gasteiger partial charge in [-0.2, -0.15) is 13.2 Å². The Kier molecular flexibility index (Phi) is 7.37. The number of carbonyl (C=O) groups excluding carboxylic acids is 1. The highest BCUT2D eigenvalue weighted by atomic mass is 32.1. The van der Waals surface area contributed by atoms with Crippen LogP contribution in [0.2, 0.25) is 0 Å². The standard InChI is InChI=1S/C31H28F3N3O3S/c1-6-40-29(39)26-19(4)35-30-37(27(26)21-12-10-17(2)11-13-21)28(38)25(41-30)15-22-14-18(3)36(20(22)5)24-9-7-8-23(16-24)31(32,33)34/h7-16,27H,6H2,1-5H3/b25-15+/t27-/m0/s1. The molecule has 0 N–H and O–H groups in total. The Bertz CT molecular complexity index is 1880. The van der Waals surface area contributed by atoms with E-state index in [0.29, 0.717) is 37.5 Å². The number of hydrogen-bond donors (Lipinski definition) is 0. The number of benzene rings is 2. The first-order valence-corrected chi connectivity index (χ1v) is 13.8. The number of alkyl halides is 3. The number of ether oxygens (including phenoxy) is 1. The van der Waals surface area contributed by atoms with Gasteiger partial charge in [-0.25, -0.2) is 9.79 Å². The van der Waals surface area contributed by atoms with Crippen molar-refractivity contribution in [3.8, 4) is 5.69 Å². The van der Waals surface area contributed by atoms with Crippen LogP contribution in [0.5, 0.6) is 0 Å². The third kappa shape index (κ3) is 5.19. The van der Waals surface area contributed by atoms with Gasteiger partial charge in [0.2, 0.25) is 0 Å². The summed E-state index contributed by atoms with van der Waals surface area (Å²) in [5.74, 6) is -0.529. The first-order valence-electron chi connectivity index (χ1n) is 13.0. The van der Waals surface area contributed by atoms with Gasteiger partial charge < -0.3 is 9.30 Å². The van der Waals surface area contributed by atoms with Crippen molar-refractivity contribution in [3.05, 3.63) is 119 Å². The summed E-state index contributed by atoms with van der Waals surface area (Å²) >= 11 is 1.20. The number of aryl methyl sites for hydroxylation is 2. The molecule has 0 unspecified atom stereocenters. The summed E-state index contributed by atoms with van der Waals surface area (Å²) in [5.41, 5.74) is 3.99. The van der Waals surface area contributed by atoms with Crippen LogP contribution in [0.3, 0.4) is 0 Å². The lowest BCUT2D eigenvalue weighted by atomic mass is 9.95. The van der Waals surface area contributed by atoms with Crippen LogP contribution in [-0.4, -0.2) is 21.7 Å². The summed E-state index contributed by atoms with van der Waals surface area (Å²) in [7, 11) is 0. The summed E-state index contributed by atoms with van der Waals surface area (Å²) in [6.07, 6.45) is -2.73. The van der Waals surface area contributed by atoms with Gasteiger partial charge in [0.05, 0.1) is 34.0 Å². The van der Waals surface area contributed by atoms with E-state index in [-0.39, 0.29) is 12.2 Å². The molecule has 0 fully saturated rings. The zero-order valence-corrected chi connectivity index (χ0v) is 24.0. The monoisotopic (exact) mass is 579 g/mol. The van der Waals surface area contributed by atoms with Crippen molar-refractivity contribution < 1.29 is 22.7 Å². The second kappa shape index (κ2) is 10.7. The van der Waals surface area contributed by atoms with Crippen LogP contribution >= 0.6 is 11.3 Å². The fourth-order valence-electron chi connectivity index (χ4n) is 5.15. The topological polar surface area (TPSA) is 65.6 Å². The van der Waals surface area contributed by atoms with Crippen LogP contribution < -0.4 is 14.9 Å². The van der Waals surface area contributed by atoms with Gasteiger partial charge in [0.1, 0.15) is 0 Å². The van der Waals surface area contributed by atoms with E-state index < -0.39 is 23.8 Å². The number of aromatic nitrogens is 2. The lowest BCUT2D eigenvalue weighted by Crippen LogP contribution is -2.39. The number of hydrogen-bond acceptors (Lipinski definition) is 5. The van der Waals surface area contributed by atoms with Crippen LogP contribution in [0, 0.1) is 20.8 Å². The zero-order chi connectivity index (χ0) is 29.6. The first-order chi connectivity index (χ1) is 19.4. The maximum atomic E-state index is 13.9. The van der Waals surface area contributed by atoms with Gasteiger partial charge in [-0.1, -0.05) is 47.2 Å². The average Bonchev–Trinajstić information content (AvgIpc) is 3.37. The molecule has 2 aromatic carbocycles. The number of nitrogens with zero attached hydrogens (tertiary/aromatic N) is 3. The molecular formula is C31H28F3N3O3S. The van der Waals surface area contributed by atoms with Gasteiger partial charge in [0.15, 0.2) is 4.80 Å². The molecule has 10 heteroatoms. The Morgan fingerprint density at radius 1 is 1.07 bits per heavy atom. The van der Waals surface area contributed by atoms with Gasteiger partial charge in [-0.15, -0.1) is 0 Å². The lowest BCUT2D eigenvalue weighted by Gasteiger charge is -2.24. The minimum absolute atomic E-state index is 0.183. The number of esters is 1. The summed E-state index contributed by atoms with van der Waals surface area (Å²) in [4.78, 5) is 32.0. The molecule has 4 aromatic rings. The Labute approximate surface area is 238 Å². The predicted octanol–water partition coefficient (Wildman–Crippen LogP) is 5.53. The SMILES string of the molecule is CCOC(=O)C1=C(C)N=c2s/c(=C/c3cc(C)n(-c4cccc(C(F)(F)F)c4)c3C)c(=O)n2[C@H]1c1ccc(C)cc1. The largest absolute Gasteiger partial charge is 0.463 e. The van der Waals surface area contributed by atoms with E-state index in [1.54, 1.807) is 44.4 Å². The molecule has 41 heavy (non-hydrogen) atoms.